The maximum Gasteiger partial charge on any atom is 0.326 e. The normalized spacial score (nSPS) is 19.4. The summed E-state index contributed by atoms with van der Waals surface area (Å²) in [6, 6.07) is 0.449. The lowest BCUT2D eigenvalue weighted by Crippen LogP contribution is -2.52. The van der Waals surface area contributed by atoms with Gasteiger partial charge in [-0.15, -0.1) is 0 Å². The van der Waals surface area contributed by atoms with Crippen LogP contribution in [0.5, 0.6) is 0 Å². The summed E-state index contributed by atoms with van der Waals surface area (Å²) in [5.74, 6) is -0.187. The highest BCUT2D eigenvalue weighted by atomic mass is 16.5. The zero-order chi connectivity index (χ0) is 15.0. The molecule has 118 valence electrons. The van der Waals surface area contributed by atoms with Crippen molar-refractivity contribution >= 4 is 5.97 Å². The zero-order valence-corrected chi connectivity index (χ0v) is 13.2. The molecule has 0 aliphatic heterocycles. The molecule has 0 saturated heterocycles. The van der Waals surface area contributed by atoms with Gasteiger partial charge in [0.05, 0.1) is 19.3 Å². The highest BCUT2D eigenvalue weighted by Crippen LogP contribution is 2.25. The second-order valence-corrected chi connectivity index (χ2v) is 5.56. The molecule has 0 aromatic heterocycles. The Morgan fingerprint density at radius 1 is 1.35 bits per heavy atom. The molecule has 0 aromatic carbocycles. The van der Waals surface area contributed by atoms with Gasteiger partial charge in [-0.3, -0.25) is 10.1 Å². The summed E-state index contributed by atoms with van der Waals surface area (Å²) in [7, 11) is 0. The van der Waals surface area contributed by atoms with Gasteiger partial charge in [0.1, 0.15) is 5.54 Å². The first-order valence-corrected chi connectivity index (χ1v) is 7.66. The molecule has 0 heterocycles. The lowest BCUT2D eigenvalue weighted by atomic mass is 9.98. The van der Waals surface area contributed by atoms with E-state index in [2.05, 4.69) is 5.32 Å². The van der Waals surface area contributed by atoms with Crippen molar-refractivity contribution in [2.75, 3.05) is 26.4 Å². The van der Waals surface area contributed by atoms with Crippen LogP contribution in [-0.2, 0) is 19.0 Å². The Bertz CT molecular complexity index is 294. The van der Waals surface area contributed by atoms with Crippen molar-refractivity contribution < 1.29 is 19.0 Å². The second-order valence-electron chi connectivity index (χ2n) is 5.56. The molecule has 0 bridgehead atoms. The van der Waals surface area contributed by atoms with Crippen LogP contribution in [0.3, 0.4) is 0 Å². The number of hydrogen-bond donors (Lipinski definition) is 1. The maximum atomic E-state index is 12.1. The third-order valence-corrected chi connectivity index (χ3v) is 3.39. The standard InChI is InChI=1S/C15H29NO4/c1-5-18-11-12(3)20-10-9-15(4,14(17)19-6-2)16-13-7-8-13/h12-13,16H,5-11H2,1-4H3. The third kappa shape index (κ3) is 6.20. The summed E-state index contributed by atoms with van der Waals surface area (Å²) >= 11 is 0. The number of hydrogen-bond acceptors (Lipinski definition) is 5. The summed E-state index contributed by atoms with van der Waals surface area (Å²) in [5, 5.41) is 3.38. The summed E-state index contributed by atoms with van der Waals surface area (Å²) in [5.41, 5.74) is -0.650. The van der Waals surface area contributed by atoms with Crippen molar-refractivity contribution in [3.05, 3.63) is 0 Å². The molecule has 1 saturated carbocycles. The fourth-order valence-electron chi connectivity index (χ4n) is 2.00. The molecule has 0 aromatic rings. The molecule has 0 spiro atoms. The first-order chi connectivity index (χ1) is 9.51. The van der Waals surface area contributed by atoms with Crippen LogP contribution >= 0.6 is 0 Å². The average Bonchev–Trinajstić information content (AvgIpc) is 3.20. The monoisotopic (exact) mass is 287 g/mol. The van der Waals surface area contributed by atoms with Crippen molar-refractivity contribution in [2.24, 2.45) is 0 Å². The van der Waals surface area contributed by atoms with Crippen LogP contribution in [0.1, 0.15) is 47.0 Å². The second kappa shape index (κ2) is 8.60. The fourth-order valence-corrected chi connectivity index (χ4v) is 2.00. The van der Waals surface area contributed by atoms with Crippen LogP contribution in [0.15, 0.2) is 0 Å². The Balaban J connectivity index is 2.37. The Hall–Kier alpha value is -0.650. The van der Waals surface area contributed by atoms with Crippen LogP contribution in [-0.4, -0.2) is 50.1 Å². The lowest BCUT2D eigenvalue weighted by Gasteiger charge is -2.29. The van der Waals surface area contributed by atoms with Crippen molar-refractivity contribution in [3.8, 4) is 0 Å². The number of rotatable bonds is 11. The van der Waals surface area contributed by atoms with Gasteiger partial charge in [0.2, 0.25) is 0 Å². The van der Waals surface area contributed by atoms with E-state index in [4.69, 9.17) is 14.2 Å². The van der Waals surface area contributed by atoms with E-state index in [1.54, 1.807) is 0 Å². The van der Waals surface area contributed by atoms with Gasteiger partial charge in [0, 0.05) is 19.3 Å². The van der Waals surface area contributed by atoms with Gasteiger partial charge in [0.15, 0.2) is 0 Å². The number of esters is 1. The first-order valence-electron chi connectivity index (χ1n) is 7.66. The van der Waals surface area contributed by atoms with Gasteiger partial charge in [-0.2, -0.15) is 0 Å². The van der Waals surface area contributed by atoms with Crippen LogP contribution < -0.4 is 5.32 Å². The average molecular weight is 287 g/mol. The van der Waals surface area contributed by atoms with Crippen molar-refractivity contribution in [2.45, 2.75) is 64.6 Å². The molecule has 2 unspecified atom stereocenters. The van der Waals surface area contributed by atoms with E-state index >= 15 is 0 Å². The third-order valence-electron chi connectivity index (χ3n) is 3.39. The van der Waals surface area contributed by atoms with Crippen LogP contribution in [0, 0.1) is 0 Å². The molecule has 1 aliphatic rings. The van der Waals surface area contributed by atoms with Crippen molar-refractivity contribution in [1.82, 2.24) is 5.32 Å². The maximum absolute atomic E-state index is 12.1. The first kappa shape index (κ1) is 17.4. The van der Waals surface area contributed by atoms with Gasteiger partial charge < -0.3 is 14.2 Å². The molecule has 0 radical (unpaired) electrons. The summed E-state index contributed by atoms with van der Waals surface area (Å²) in [6.07, 6.45) is 2.92. The Kier molecular flexibility index (Phi) is 7.48. The summed E-state index contributed by atoms with van der Waals surface area (Å²) < 4.78 is 16.2. The topological polar surface area (TPSA) is 56.8 Å². The van der Waals surface area contributed by atoms with E-state index < -0.39 is 5.54 Å². The minimum absolute atomic E-state index is 0.0438. The minimum atomic E-state index is -0.650. The van der Waals surface area contributed by atoms with E-state index in [1.807, 2.05) is 27.7 Å². The molecule has 1 aliphatic carbocycles. The predicted octanol–water partition coefficient (Wildman–Crippen LogP) is 1.89. The number of ether oxygens (including phenoxy) is 3. The number of nitrogens with one attached hydrogen (secondary N) is 1. The predicted molar refractivity (Wildman–Crippen MR) is 77.7 cm³/mol. The van der Waals surface area contributed by atoms with Crippen molar-refractivity contribution in [3.63, 3.8) is 0 Å². The van der Waals surface area contributed by atoms with E-state index in [1.165, 1.54) is 0 Å². The van der Waals surface area contributed by atoms with Crippen molar-refractivity contribution in [1.29, 1.82) is 0 Å². The van der Waals surface area contributed by atoms with E-state index in [0.717, 1.165) is 12.8 Å². The Morgan fingerprint density at radius 3 is 2.60 bits per heavy atom. The van der Waals surface area contributed by atoms with Crippen LogP contribution in [0.4, 0.5) is 0 Å². The van der Waals surface area contributed by atoms with Gasteiger partial charge in [0.25, 0.3) is 0 Å². The molecule has 5 heteroatoms. The Labute approximate surface area is 122 Å². The molecule has 0 amide bonds. The summed E-state index contributed by atoms with van der Waals surface area (Å²) in [6.45, 7) is 9.87. The molecule has 20 heavy (non-hydrogen) atoms. The lowest BCUT2D eigenvalue weighted by molar-refractivity contribution is -0.151. The Morgan fingerprint density at radius 2 is 2.05 bits per heavy atom. The molecule has 5 nitrogen and oxygen atoms in total. The quantitative estimate of drug-likeness (QED) is 0.588. The molecular weight excluding hydrogens is 258 g/mol. The largest absolute Gasteiger partial charge is 0.465 e. The highest BCUT2D eigenvalue weighted by molar-refractivity contribution is 5.80. The van der Waals surface area contributed by atoms with E-state index in [-0.39, 0.29) is 12.1 Å². The smallest absolute Gasteiger partial charge is 0.326 e. The van der Waals surface area contributed by atoms with Gasteiger partial charge in [-0.05, 0) is 47.0 Å². The van der Waals surface area contributed by atoms with E-state index in [0.29, 0.717) is 38.9 Å². The molecule has 1 rings (SSSR count). The molecule has 1 N–H and O–H groups in total. The number of carbonyl (C=O) groups is 1. The van der Waals surface area contributed by atoms with Crippen LogP contribution in [0.25, 0.3) is 0 Å². The zero-order valence-electron chi connectivity index (χ0n) is 13.2. The minimum Gasteiger partial charge on any atom is -0.465 e. The van der Waals surface area contributed by atoms with E-state index in [9.17, 15) is 4.79 Å². The molecule has 2 atom stereocenters. The van der Waals surface area contributed by atoms with Gasteiger partial charge in [-0.1, -0.05) is 0 Å². The fraction of sp³-hybridized carbons (Fsp3) is 0.933. The molecule has 1 fully saturated rings. The highest BCUT2D eigenvalue weighted by Gasteiger charge is 2.39. The van der Waals surface area contributed by atoms with Crippen LogP contribution in [0.2, 0.25) is 0 Å². The number of carbonyl (C=O) groups excluding carboxylic acids is 1. The summed E-state index contributed by atoms with van der Waals surface area (Å²) in [4.78, 5) is 12.1. The van der Waals surface area contributed by atoms with Gasteiger partial charge in [-0.25, -0.2) is 0 Å². The molecular formula is C15H29NO4. The van der Waals surface area contributed by atoms with Gasteiger partial charge >= 0.3 is 5.97 Å². The SMILES string of the molecule is CCOCC(C)OCCC(C)(NC1CC1)C(=O)OCC.